The van der Waals surface area contributed by atoms with Crippen LogP contribution in [0.1, 0.15) is 65.6 Å². The number of ketones is 1. The van der Waals surface area contributed by atoms with Crippen molar-refractivity contribution in [2.75, 3.05) is 13.9 Å². The van der Waals surface area contributed by atoms with Crippen molar-refractivity contribution in [3.8, 4) is 11.5 Å². The molecule has 0 aliphatic heterocycles. The Kier molecular flexibility index (Phi) is 5.58. The largest absolute Gasteiger partial charge is 0.507 e. The van der Waals surface area contributed by atoms with Gasteiger partial charge in [0.15, 0.2) is 12.6 Å². The lowest BCUT2D eigenvalue weighted by Crippen LogP contribution is -2.48. The van der Waals surface area contributed by atoms with Crippen LogP contribution in [0.4, 0.5) is 0 Å². The molecule has 4 nitrogen and oxygen atoms in total. The number of phenolic OH excluding ortho intramolecular Hbond substituents is 1. The van der Waals surface area contributed by atoms with Crippen LogP contribution in [0.2, 0.25) is 0 Å². The SMILES string of the molecule is COCOc1ccc(/C=C/C(=O)c2cc(C)ccc2O)cc1C12CC3CC(CC(C3)C1)C2. The van der Waals surface area contributed by atoms with Gasteiger partial charge in [-0.05, 0) is 105 Å². The van der Waals surface area contributed by atoms with Gasteiger partial charge in [0, 0.05) is 12.7 Å². The van der Waals surface area contributed by atoms with Crippen LogP contribution >= 0.6 is 0 Å². The number of rotatable bonds is 7. The maximum atomic E-state index is 12.7. The number of carbonyl (C=O) groups is 1. The summed E-state index contributed by atoms with van der Waals surface area (Å²) in [5.74, 6) is 3.24. The van der Waals surface area contributed by atoms with Crippen LogP contribution in [0.25, 0.3) is 6.08 Å². The third kappa shape index (κ3) is 3.97. The second-order valence-electron chi connectivity index (χ2n) is 10.2. The molecule has 0 atom stereocenters. The molecule has 0 radical (unpaired) electrons. The first kappa shape index (κ1) is 21.3. The fourth-order valence-corrected chi connectivity index (χ4v) is 6.86. The highest BCUT2D eigenvalue weighted by atomic mass is 16.7. The number of ether oxygens (including phenoxy) is 2. The Morgan fingerprint density at radius 2 is 1.75 bits per heavy atom. The Bertz CT molecular complexity index is 1020. The van der Waals surface area contributed by atoms with Crippen molar-refractivity contribution in [3.05, 3.63) is 64.7 Å². The molecule has 4 bridgehead atoms. The number of benzene rings is 2. The molecule has 6 rings (SSSR count). The Morgan fingerprint density at radius 3 is 2.41 bits per heavy atom. The maximum absolute atomic E-state index is 12.7. The highest BCUT2D eigenvalue weighted by Crippen LogP contribution is 2.62. The molecule has 32 heavy (non-hydrogen) atoms. The number of methoxy groups -OCH3 is 1. The van der Waals surface area contributed by atoms with Crippen molar-refractivity contribution in [1.29, 1.82) is 0 Å². The first-order valence-corrected chi connectivity index (χ1v) is 11.7. The van der Waals surface area contributed by atoms with Crippen LogP contribution in [0.3, 0.4) is 0 Å². The minimum absolute atomic E-state index is 0.0165. The predicted molar refractivity (Wildman–Crippen MR) is 125 cm³/mol. The van der Waals surface area contributed by atoms with Crippen LogP contribution in [-0.2, 0) is 10.2 Å². The maximum Gasteiger partial charge on any atom is 0.189 e. The standard InChI is InChI=1S/C28H32O4/c1-18-3-6-25(29)23(9-18)26(30)7-4-19-5-8-27(32-17-31-2)24(13-19)28-14-20-10-21(15-28)12-22(11-20)16-28/h3-9,13,20-22,29H,10-12,14-17H2,1-2H3/b7-4+. The van der Waals surface area contributed by atoms with Gasteiger partial charge in [-0.15, -0.1) is 0 Å². The molecular weight excluding hydrogens is 400 g/mol. The predicted octanol–water partition coefficient (Wildman–Crippen LogP) is 6.05. The molecule has 0 heterocycles. The normalized spacial score (nSPS) is 28.4. The van der Waals surface area contributed by atoms with Gasteiger partial charge < -0.3 is 14.6 Å². The lowest BCUT2D eigenvalue weighted by Gasteiger charge is -2.57. The second kappa shape index (κ2) is 8.40. The molecule has 0 unspecified atom stereocenters. The third-order valence-corrected chi connectivity index (χ3v) is 7.79. The molecule has 4 aliphatic rings. The van der Waals surface area contributed by atoms with Crippen molar-refractivity contribution in [1.82, 2.24) is 0 Å². The van der Waals surface area contributed by atoms with E-state index in [2.05, 4.69) is 6.07 Å². The summed E-state index contributed by atoms with van der Waals surface area (Å²) in [5, 5.41) is 10.1. The number of hydrogen-bond donors (Lipinski definition) is 1. The van der Waals surface area contributed by atoms with Gasteiger partial charge in [-0.25, -0.2) is 0 Å². The molecule has 0 spiro atoms. The molecule has 2 aromatic carbocycles. The molecule has 0 saturated heterocycles. The van der Waals surface area contributed by atoms with E-state index in [4.69, 9.17) is 9.47 Å². The second-order valence-corrected chi connectivity index (χ2v) is 10.2. The van der Waals surface area contributed by atoms with Gasteiger partial charge in [-0.2, -0.15) is 0 Å². The van der Waals surface area contributed by atoms with Crippen molar-refractivity contribution >= 4 is 11.9 Å². The molecule has 4 fully saturated rings. The molecule has 0 aromatic heterocycles. The van der Waals surface area contributed by atoms with Gasteiger partial charge in [-0.1, -0.05) is 23.8 Å². The van der Waals surface area contributed by atoms with Crippen molar-refractivity contribution in [2.45, 2.75) is 50.9 Å². The summed E-state index contributed by atoms with van der Waals surface area (Å²) >= 11 is 0. The monoisotopic (exact) mass is 432 g/mol. The summed E-state index contributed by atoms with van der Waals surface area (Å²) in [7, 11) is 1.65. The number of allylic oxidation sites excluding steroid dienone is 1. The molecule has 2 aromatic rings. The Hall–Kier alpha value is -2.59. The summed E-state index contributed by atoms with van der Waals surface area (Å²) in [6.45, 7) is 2.15. The average molecular weight is 433 g/mol. The number of phenols is 1. The van der Waals surface area contributed by atoms with Crippen LogP contribution in [-0.4, -0.2) is 24.8 Å². The smallest absolute Gasteiger partial charge is 0.189 e. The summed E-state index contributed by atoms with van der Waals surface area (Å²) in [4.78, 5) is 12.7. The molecule has 4 aliphatic carbocycles. The zero-order valence-corrected chi connectivity index (χ0v) is 19.0. The minimum Gasteiger partial charge on any atom is -0.507 e. The zero-order chi connectivity index (χ0) is 22.3. The topological polar surface area (TPSA) is 55.8 Å². The van der Waals surface area contributed by atoms with E-state index in [0.29, 0.717) is 5.56 Å². The van der Waals surface area contributed by atoms with Gasteiger partial charge >= 0.3 is 0 Å². The number of aryl methyl sites for hydroxylation is 1. The van der Waals surface area contributed by atoms with E-state index >= 15 is 0 Å². The van der Waals surface area contributed by atoms with Crippen LogP contribution in [0.15, 0.2) is 42.5 Å². The van der Waals surface area contributed by atoms with Crippen molar-refractivity contribution in [2.24, 2.45) is 17.8 Å². The molecule has 1 N–H and O–H groups in total. The quantitative estimate of drug-likeness (QED) is 0.329. The number of aromatic hydroxyl groups is 1. The van der Waals surface area contributed by atoms with E-state index in [-0.39, 0.29) is 23.7 Å². The summed E-state index contributed by atoms with van der Waals surface area (Å²) in [5.41, 5.74) is 3.73. The van der Waals surface area contributed by atoms with Gasteiger partial charge in [0.1, 0.15) is 11.5 Å². The van der Waals surface area contributed by atoms with E-state index in [1.807, 2.05) is 25.1 Å². The first-order chi connectivity index (χ1) is 15.5. The summed E-state index contributed by atoms with van der Waals surface area (Å²) < 4.78 is 11.2. The zero-order valence-electron chi connectivity index (χ0n) is 19.0. The van der Waals surface area contributed by atoms with E-state index in [1.54, 1.807) is 31.4 Å². The van der Waals surface area contributed by atoms with Gasteiger partial charge in [0.2, 0.25) is 0 Å². The summed E-state index contributed by atoms with van der Waals surface area (Å²) in [6.07, 6.45) is 11.3. The molecular formula is C28H32O4. The van der Waals surface area contributed by atoms with Gasteiger partial charge in [0.25, 0.3) is 0 Å². The number of hydrogen-bond acceptors (Lipinski definition) is 4. The third-order valence-electron chi connectivity index (χ3n) is 7.79. The highest BCUT2D eigenvalue weighted by molar-refractivity contribution is 6.08. The Balaban J connectivity index is 1.46. The molecule has 4 heteroatoms. The lowest BCUT2D eigenvalue weighted by molar-refractivity contribution is -0.00883. The van der Waals surface area contributed by atoms with Crippen LogP contribution in [0.5, 0.6) is 11.5 Å². The Labute approximate surface area is 190 Å². The van der Waals surface area contributed by atoms with E-state index < -0.39 is 0 Å². The van der Waals surface area contributed by atoms with Crippen LogP contribution in [0, 0.1) is 24.7 Å². The molecule has 4 saturated carbocycles. The van der Waals surface area contributed by atoms with E-state index in [0.717, 1.165) is 34.6 Å². The average Bonchev–Trinajstić information content (AvgIpc) is 2.77. The summed E-state index contributed by atoms with van der Waals surface area (Å²) in [6, 6.07) is 11.3. The fraction of sp³-hybridized carbons (Fsp3) is 0.464. The van der Waals surface area contributed by atoms with Crippen molar-refractivity contribution < 1.29 is 19.4 Å². The van der Waals surface area contributed by atoms with Gasteiger partial charge in [0.05, 0.1) is 5.56 Å². The molecule has 0 amide bonds. The lowest BCUT2D eigenvalue weighted by atomic mass is 9.48. The van der Waals surface area contributed by atoms with E-state index in [9.17, 15) is 9.90 Å². The Morgan fingerprint density at radius 1 is 1.06 bits per heavy atom. The minimum atomic E-state index is -0.192. The van der Waals surface area contributed by atoms with Gasteiger partial charge in [-0.3, -0.25) is 4.79 Å². The van der Waals surface area contributed by atoms with E-state index in [1.165, 1.54) is 44.1 Å². The highest BCUT2D eigenvalue weighted by Gasteiger charge is 2.52. The van der Waals surface area contributed by atoms with Crippen molar-refractivity contribution in [3.63, 3.8) is 0 Å². The molecule has 168 valence electrons. The number of carbonyl (C=O) groups excluding carboxylic acids is 1. The fourth-order valence-electron chi connectivity index (χ4n) is 6.86. The van der Waals surface area contributed by atoms with Crippen LogP contribution < -0.4 is 4.74 Å². The first-order valence-electron chi connectivity index (χ1n) is 11.7.